The van der Waals surface area contributed by atoms with Crippen LogP contribution in [0.15, 0.2) is 42.0 Å². The highest BCUT2D eigenvalue weighted by atomic mass is 32.1. The molecular formula is C21H26N4O3S. The minimum absolute atomic E-state index is 0.341. The highest BCUT2D eigenvalue weighted by Gasteiger charge is 2.16. The molecule has 1 amide bonds. The molecule has 1 N–H and O–H groups in total. The van der Waals surface area contributed by atoms with E-state index in [4.69, 9.17) is 9.47 Å². The van der Waals surface area contributed by atoms with Crippen LogP contribution in [0.3, 0.4) is 0 Å². The lowest BCUT2D eigenvalue weighted by Crippen LogP contribution is -2.32. The van der Waals surface area contributed by atoms with E-state index in [2.05, 4.69) is 15.3 Å². The molecule has 0 bridgehead atoms. The zero-order valence-corrected chi connectivity index (χ0v) is 18.0. The van der Waals surface area contributed by atoms with Gasteiger partial charge in [-0.25, -0.2) is 14.8 Å². The number of nitrogens with one attached hydrogen (secondary N) is 1. The van der Waals surface area contributed by atoms with Gasteiger partial charge in [-0.2, -0.15) is 0 Å². The third-order valence-corrected chi connectivity index (χ3v) is 4.85. The Morgan fingerprint density at radius 2 is 2.00 bits per heavy atom. The summed E-state index contributed by atoms with van der Waals surface area (Å²) in [7, 11) is 1.97. The molecular weight excluding hydrogens is 388 g/mol. The molecule has 0 aliphatic heterocycles. The summed E-state index contributed by atoms with van der Waals surface area (Å²) in [5, 5.41) is 5.52. The molecule has 3 aromatic rings. The van der Waals surface area contributed by atoms with E-state index in [9.17, 15) is 4.79 Å². The van der Waals surface area contributed by atoms with Crippen LogP contribution in [0.25, 0.3) is 11.3 Å². The van der Waals surface area contributed by atoms with Crippen molar-refractivity contribution in [3.63, 3.8) is 0 Å². The van der Waals surface area contributed by atoms with Gasteiger partial charge in [0, 0.05) is 36.8 Å². The number of ether oxygens (including phenoxy) is 2. The van der Waals surface area contributed by atoms with E-state index in [1.165, 1.54) is 11.3 Å². The van der Waals surface area contributed by atoms with Crippen molar-refractivity contribution < 1.29 is 14.3 Å². The molecule has 1 aromatic carbocycles. The molecule has 0 aliphatic rings. The first kappa shape index (κ1) is 20.9. The molecule has 0 unspecified atom stereocenters. The number of nitrogens with zero attached hydrogens (tertiary/aromatic N) is 3. The van der Waals surface area contributed by atoms with Gasteiger partial charge < -0.3 is 19.4 Å². The number of hydrogen-bond donors (Lipinski definition) is 1. The summed E-state index contributed by atoms with van der Waals surface area (Å²) in [5.41, 5.74) is 1.36. The predicted octanol–water partition coefficient (Wildman–Crippen LogP) is 4.19. The molecule has 8 heteroatoms. The molecule has 0 saturated heterocycles. The molecule has 2 heterocycles. The Hall–Kier alpha value is -2.87. The van der Waals surface area contributed by atoms with Gasteiger partial charge in [0.1, 0.15) is 22.2 Å². The van der Waals surface area contributed by atoms with Crippen LogP contribution in [0.4, 0.5) is 4.79 Å². The number of rotatable bonds is 7. The summed E-state index contributed by atoms with van der Waals surface area (Å²) < 4.78 is 13.0. The van der Waals surface area contributed by atoms with Crippen LogP contribution in [0.5, 0.6) is 5.75 Å². The standard InChI is InChI=1S/C21H26N4O3S/c1-21(2,3)28-20(26)23-13-19-24-17(14-29-19)15-5-7-16(8-6-15)27-12-9-18-22-10-11-25(18)4/h5-8,10-11,14H,9,12-13H2,1-4H3,(H,23,26). The largest absolute Gasteiger partial charge is 0.493 e. The van der Waals surface area contributed by atoms with Gasteiger partial charge in [0.05, 0.1) is 18.8 Å². The maximum Gasteiger partial charge on any atom is 0.408 e. The van der Waals surface area contributed by atoms with E-state index in [0.29, 0.717) is 13.2 Å². The molecule has 154 valence electrons. The van der Waals surface area contributed by atoms with Gasteiger partial charge >= 0.3 is 6.09 Å². The van der Waals surface area contributed by atoms with Gasteiger partial charge in [-0.3, -0.25) is 0 Å². The lowest BCUT2D eigenvalue weighted by molar-refractivity contribution is 0.0523. The Balaban J connectivity index is 1.50. The number of thiazole rings is 1. The van der Waals surface area contributed by atoms with E-state index in [0.717, 1.165) is 34.3 Å². The van der Waals surface area contributed by atoms with Crippen molar-refractivity contribution in [1.82, 2.24) is 19.9 Å². The summed E-state index contributed by atoms with van der Waals surface area (Å²) in [6, 6.07) is 7.84. The van der Waals surface area contributed by atoms with Crippen LogP contribution in [0.1, 0.15) is 31.6 Å². The minimum Gasteiger partial charge on any atom is -0.493 e. The van der Waals surface area contributed by atoms with Crippen molar-refractivity contribution in [2.75, 3.05) is 6.61 Å². The highest BCUT2D eigenvalue weighted by Crippen LogP contribution is 2.24. The smallest absolute Gasteiger partial charge is 0.408 e. The first-order chi connectivity index (χ1) is 13.8. The van der Waals surface area contributed by atoms with Crippen molar-refractivity contribution in [3.05, 3.63) is 52.9 Å². The number of benzene rings is 1. The highest BCUT2D eigenvalue weighted by molar-refractivity contribution is 7.09. The number of carbonyl (C=O) groups is 1. The monoisotopic (exact) mass is 414 g/mol. The Kier molecular flexibility index (Phi) is 6.53. The molecule has 29 heavy (non-hydrogen) atoms. The fraction of sp³-hybridized carbons (Fsp3) is 0.381. The quantitative estimate of drug-likeness (QED) is 0.627. The zero-order valence-electron chi connectivity index (χ0n) is 17.1. The number of hydrogen-bond acceptors (Lipinski definition) is 6. The molecule has 0 atom stereocenters. The SMILES string of the molecule is Cn1ccnc1CCOc1ccc(-c2csc(CNC(=O)OC(C)(C)C)n2)cc1. The average molecular weight is 415 g/mol. The second-order valence-corrected chi connectivity index (χ2v) is 8.50. The molecule has 0 saturated carbocycles. The van der Waals surface area contributed by atoms with Crippen LogP contribution >= 0.6 is 11.3 Å². The molecule has 2 aromatic heterocycles. The van der Waals surface area contributed by atoms with Gasteiger partial charge in [-0.05, 0) is 45.0 Å². The summed E-state index contributed by atoms with van der Waals surface area (Å²) >= 11 is 1.50. The maximum absolute atomic E-state index is 11.8. The summed E-state index contributed by atoms with van der Waals surface area (Å²) in [6.07, 6.45) is 4.02. The van der Waals surface area contributed by atoms with E-state index < -0.39 is 11.7 Å². The summed E-state index contributed by atoms with van der Waals surface area (Å²) in [6.45, 7) is 6.41. The first-order valence-electron chi connectivity index (χ1n) is 9.41. The average Bonchev–Trinajstić information content (AvgIpc) is 3.29. The summed E-state index contributed by atoms with van der Waals surface area (Å²) in [5.74, 6) is 1.81. The van der Waals surface area contributed by atoms with Crippen LogP contribution < -0.4 is 10.1 Å². The van der Waals surface area contributed by atoms with Crippen molar-refractivity contribution >= 4 is 17.4 Å². The number of aryl methyl sites for hydroxylation is 1. The van der Waals surface area contributed by atoms with Crippen LogP contribution in [0.2, 0.25) is 0 Å². The van der Waals surface area contributed by atoms with Crippen molar-refractivity contribution in [2.45, 2.75) is 39.3 Å². The topological polar surface area (TPSA) is 78.3 Å². The van der Waals surface area contributed by atoms with Crippen molar-refractivity contribution in [2.24, 2.45) is 7.05 Å². The fourth-order valence-electron chi connectivity index (χ4n) is 2.61. The maximum atomic E-state index is 11.8. The van der Waals surface area contributed by atoms with Gasteiger partial charge in [0.2, 0.25) is 0 Å². The second-order valence-electron chi connectivity index (χ2n) is 7.56. The Labute approximate surface area is 174 Å². The lowest BCUT2D eigenvalue weighted by Gasteiger charge is -2.19. The van der Waals surface area contributed by atoms with Gasteiger partial charge in [0.25, 0.3) is 0 Å². The molecule has 0 fully saturated rings. The van der Waals surface area contributed by atoms with Crippen LogP contribution in [0, 0.1) is 0 Å². The number of amides is 1. The molecule has 7 nitrogen and oxygen atoms in total. The van der Waals surface area contributed by atoms with E-state index in [-0.39, 0.29) is 0 Å². The number of alkyl carbamates (subject to hydrolysis) is 1. The Morgan fingerprint density at radius 1 is 1.24 bits per heavy atom. The molecule has 0 spiro atoms. The normalized spacial score (nSPS) is 11.3. The van der Waals surface area contributed by atoms with E-state index in [1.807, 2.05) is 68.2 Å². The minimum atomic E-state index is -0.515. The number of aromatic nitrogens is 3. The second kappa shape index (κ2) is 9.09. The van der Waals surface area contributed by atoms with E-state index >= 15 is 0 Å². The first-order valence-corrected chi connectivity index (χ1v) is 10.3. The van der Waals surface area contributed by atoms with Crippen LogP contribution in [-0.2, 0) is 24.8 Å². The summed E-state index contributed by atoms with van der Waals surface area (Å²) in [4.78, 5) is 20.6. The van der Waals surface area contributed by atoms with Crippen molar-refractivity contribution in [1.29, 1.82) is 0 Å². The molecule has 0 radical (unpaired) electrons. The van der Waals surface area contributed by atoms with Crippen LogP contribution in [-0.4, -0.2) is 32.8 Å². The van der Waals surface area contributed by atoms with E-state index in [1.54, 1.807) is 6.20 Å². The third-order valence-electron chi connectivity index (χ3n) is 4.00. The predicted molar refractivity (Wildman–Crippen MR) is 113 cm³/mol. The Bertz CT molecular complexity index is 941. The Morgan fingerprint density at radius 3 is 2.66 bits per heavy atom. The number of carbonyl (C=O) groups excluding carboxylic acids is 1. The zero-order chi connectivity index (χ0) is 20.9. The number of imidazole rings is 1. The molecule has 0 aliphatic carbocycles. The fourth-order valence-corrected chi connectivity index (χ4v) is 3.35. The van der Waals surface area contributed by atoms with Gasteiger partial charge in [-0.15, -0.1) is 11.3 Å². The van der Waals surface area contributed by atoms with Crippen molar-refractivity contribution in [3.8, 4) is 17.0 Å². The van der Waals surface area contributed by atoms with Gasteiger partial charge in [-0.1, -0.05) is 0 Å². The third kappa shape index (κ3) is 6.32. The molecule has 3 rings (SSSR count). The van der Waals surface area contributed by atoms with Gasteiger partial charge in [0.15, 0.2) is 0 Å². The lowest BCUT2D eigenvalue weighted by atomic mass is 10.2.